The van der Waals surface area contributed by atoms with Crippen molar-refractivity contribution in [3.8, 4) is 0 Å². The number of anilines is 1. The van der Waals surface area contributed by atoms with Gasteiger partial charge in [-0.2, -0.15) is 4.98 Å². The first-order valence-corrected chi connectivity index (χ1v) is 7.25. The number of aromatic amines is 2. The second-order valence-electron chi connectivity index (χ2n) is 4.92. The lowest BCUT2D eigenvalue weighted by Gasteiger charge is -2.05. The normalized spacial score (nSPS) is 10.7. The van der Waals surface area contributed by atoms with Crippen molar-refractivity contribution in [2.45, 2.75) is 13.5 Å². The van der Waals surface area contributed by atoms with Gasteiger partial charge in [-0.05, 0) is 18.6 Å². The molecule has 0 spiro atoms. The van der Waals surface area contributed by atoms with Crippen LogP contribution >= 0.6 is 0 Å². The van der Waals surface area contributed by atoms with Crippen molar-refractivity contribution < 1.29 is 9.53 Å². The molecular weight excluding hydrogens is 296 g/mol. The summed E-state index contributed by atoms with van der Waals surface area (Å²) in [5.74, 6) is -0.174. The molecule has 2 aromatic heterocycles. The van der Waals surface area contributed by atoms with Gasteiger partial charge >= 0.3 is 5.97 Å². The fourth-order valence-corrected chi connectivity index (χ4v) is 2.20. The summed E-state index contributed by atoms with van der Waals surface area (Å²) in [6, 6.07) is 11.2. The Labute approximate surface area is 131 Å². The summed E-state index contributed by atoms with van der Waals surface area (Å²) in [6.07, 6.45) is 0. The maximum atomic E-state index is 12.1. The number of aromatic nitrogens is 3. The van der Waals surface area contributed by atoms with E-state index in [0.29, 0.717) is 23.5 Å². The van der Waals surface area contributed by atoms with Gasteiger partial charge in [-0.15, -0.1) is 0 Å². The Hall–Kier alpha value is -3.09. The molecule has 0 fully saturated rings. The Kier molecular flexibility index (Phi) is 4.09. The molecule has 3 aromatic rings. The standard InChI is InChI=1S/C16H16N4O3/c1-2-23-15(22)12-8-11-13(18-12)19-16(20-14(11)21)17-9-10-6-4-3-5-7-10/h3-8H,2,9H2,1H3,(H3,17,18,19,20,21). The molecule has 0 aliphatic heterocycles. The van der Waals surface area contributed by atoms with Crippen LogP contribution in [0.5, 0.6) is 0 Å². The summed E-state index contributed by atoms with van der Waals surface area (Å²) >= 11 is 0. The number of carbonyl (C=O) groups is 1. The predicted molar refractivity (Wildman–Crippen MR) is 86.4 cm³/mol. The summed E-state index contributed by atoms with van der Waals surface area (Å²) in [5.41, 5.74) is 1.29. The van der Waals surface area contributed by atoms with Gasteiger partial charge in [-0.1, -0.05) is 30.3 Å². The summed E-state index contributed by atoms with van der Waals surface area (Å²) in [7, 11) is 0. The summed E-state index contributed by atoms with van der Waals surface area (Å²) in [4.78, 5) is 33.6. The number of nitrogens with one attached hydrogen (secondary N) is 3. The minimum absolute atomic E-state index is 0.208. The highest BCUT2D eigenvalue weighted by molar-refractivity contribution is 5.93. The van der Waals surface area contributed by atoms with E-state index in [4.69, 9.17) is 4.74 Å². The summed E-state index contributed by atoms with van der Waals surface area (Å²) in [6.45, 7) is 2.51. The third-order valence-electron chi connectivity index (χ3n) is 3.30. The van der Waals surface area contributed by atoms with Crippen molar-refractivity contribution in [1.29, 1.82) is 0 Å². The number of H-pyrrole nitrogens is 2. The summed E-state index contributed by atoms with van der Waals surface area (Å²) in [5, 5.41) is 3.37. The molecule has 2 heterocycles. The quantitative estimate of drug-likeness (QED) is 0.626. The Bertz CT molecular complexity index is 883. The third-order valence-corrected chi connectivity index (χ3v) is 3.30. The number of rotatable bonds is 5. The molecule has 3 N–H and O–H groups in total. The molecule has 1 aromatic carbocycles. The van der Waals surface area contributed by atoms with Crippen LogP contribution in [0.25, 0.3) is 11.0 Å². The molecule has 0 aliphatic rings. The molecule has 0 atom stereocenters. The van der Waals surface area contributed by atoms with Crippen LogP contribution in [0.3, 0.4) is 0 Å². The van der Waals surface area contributed by atoms with Crippen molar-refractivity contribution in [1.82, 2.24) is 15.0 Å². The molecule has 7 nitrogen and oxygen atoms in total. The predicted octanol–water partition coefficient (Wildman–Crippen LogP) is 2.04. The molecule has 3 rings (SSSR count). The topological polar surface area (TPSA) is 99.9 Å². The van der Waals surface area contributed by atoms with Crippen LogP contribution < -0.4 is 10.9 Å². The van der Waals surface area contributed by atoms with Gasteiger partial charge in [0.1, 0.15) is 11.3 Å². The van der Waals surface area contributed by atoms with Crippen molar-refractivity contribution in [3.05, 3.63) is 58.0 Å². The number of carbonyl (C=O) groups excluding carboxylic acids is 1. The molecule has 0 unspecified atom stereocenters. The zero-order valence-corrected chi connectivity index (χ0v) is 12.6. The van der Waals surface area contributed by atoms with Gasteiger partial charge in [0, 0.05) is 6.54 Å². The van der Waals surface area contributed by atoms with E-state index >= 15 is 0 Å². The molecule has 7 heteroatoms. The molecule has 0 amide bonds. The first-order chi connectivity index (χ1) is 11.2. The van der Waals surface area contributed by atoms with E-state index < -0.39 is 5.97 Å². The fourth-order valence-electron chi connectivity index (χ4n) is 2.20. The lowest BCUT2D eigenvalue weighted by molar-refractivity contribution is 0.0520. The molecule has 0 bridgehead atoms. The average molecular weight is 312 g/mol. The van der Waals surface area contributed by atoms with Crippen LogP contribution in [0.15, 0.2) is 41.2 Å². The van der Waals surface area contributed by atoms with Gasteiger partial charge in [-0.3, -0.25) is 9.78 Å². The Morgan fingerprint density at radius 3 is 2.78 bits per heavy atom. The number of ether oxygens (including phenoxy) is 1. The van der Waals surface area contributed by atoms with Gasteiger partial charge in [0.05, 0.1) is 12.0 Å². The van der Waals surface area contributed by atoms with E-state index in [-0.39, 0.29) is 17.9 Å². The van der Waals surface area contributed by atoms with Crippen LogP contribution in [0.4, 0.5) is 5.95 Å². The number of benzene rings is 1. The fraction of sp³-hybridized carbons (Fsp3) is 0.188. The largest absolute Gasteiger partial charge is 0.461 e. The molecule has 118 valence electrons. The highest BCUT2D eigenvalue weighted by Crippen LogP contribution is 2.12. The highest BCUT2D eigenvalue weighted by Gasteiger charge is 2.14. The van der Waals surface area contributed by atoms with E-state index in [1.165, 1.54) is 6.07 Å². The van der Waals surface area contributed by atoms with Gasteiger partial charge in [0.15, 0.2) is 0 Å². The maximum absolute atomic E-state index is 12.1. The van der Waals surface area contributed by atoms with Crippen LogP contribution in [-0.2, 0) is 11.3 Å². The minimum Gasteiger partial charge on any atom is -0.461 e. The Morgan fingerprint density at radius 1 is 1.26 bits per heavy atom. The van der Waals surface area contributed by atoms with E-state index in [2.05, 4.69) is 20.3 Å². The van der Waals surface area contributed by atoms with Crippen molar-refractivity contribution >= 4 is 23.0 Å². The van der Waals surface area contributed by atoms with E-state index in [0.717, 1.165) is 5.56 Å². The minimum atomic E-state index is -0.510. The van der Waals surface area contributed by atoms with Gasteiger partial charge in [-0.25, -0.2) is 4.79 Å². The molecular formula is C16H16N4O3. The highest BCUT2D eigenvalue weighted by atomic mass is 16.5. The molecule has 0 aliphatic carbocycles. The second-order valence-corrected chi connectivity index (χ2v) is 4.92. The van der Waals surface area contributed by atoms with Crippen molar-refractivity contribution in [3.63, 3.8) is 0 Å². The number of fused-ring (bicyclic) bond motifs is 1. The average Bonchev–Trinajstić information content (AvgIpc) is 2.99. The number of esters is 1. The van der Waals surface area contributed by atoms with Gasteiger partial charge in [0.25, 0.3) is 5.56 Å². The van der Waals surface area contributed by atoms with Crippen LogP contribution in [0.2, 0.25) is 0 Å². The smallest absolute Gasteiger partial charge is 0.354 e. The zero-order valence-electron chi connectivity index (χ0n) is 12.6. The maximum Gasteiger partial charge on any atom is 0.354 e. The van der Waals surface area contributed by atoms with Gasteiger partial charge < -0.3 is 15.0 Å². The van der Waals surface area contributed by atoms with Crippen LogP contribution in [-0.4, -0.2) is 27.5 Å². The number of hydrogen-bond donors (Lipinski definition) is 3. The lowest BCUT2D eigenvalue weighted by atomic mass is 10.2. The number of nitrogens with zero attached hydrogens (tertiary/aromatic N) is 1. The molecule has 0 radical (unpaired) electrons. The van der Waals surface area contributed by atoms with Gasteiger partial charge in [0.2, 0.25) is 5.95 Å². The molecule has 23 heavy (non-hydrogen) atoms. The first-order valence-electron chi connectivity index (χ1n) is 7.25. The monoisotopic (exact) mass is 312 g/mol. The van der Waals surface area contributed by atoms with Crippen molar-refractivity contribution in [2.24, 2.45) is 0 Å². The zero-order chi connectivity index (χ0) is 16.2. The number of hydrogen-bond acceptors (Lipinski definition) is 5. The summed E-state index contributed by atoms with van der Waals surface area (Å²) < 4.78 is 4.91. The van der Waals surface area contributed by atoms with Crippen LogP contribution in [0.1, 0.15) is 23.0 Å². The van der Waals surface area contributed by atoms with E-state index in [9.17, 15) is 9.59 Å². The Balaban J connectivity index is 1.85. The molecule has 0 saturated carbocycles. The third kappa shape index (κ3) is 3.23. The second kappa shape index (κ2) is 6.35. The van der Waals surface area contributed by atoms with E-state index in [1.54, 1.807) is 6.92 Å². The Morgan fingerprint density at radius 2 is 2.04 bits per heavy atom. The SMILES string of the molecule is CCOC(=O)c1cc2c(=O)[nH]c(NCc3ccccc3)nc2[nH]1. The first kappa shape index (κ1) is 14.8. The van der Waals surface area contributed by atoms with Crippen LogP contribution in [0, 0.1) is 0 Å². The van der Waals surface area contributed by atoms with E-state index in [1.807, 2.05) is 30.3 Å². The lowest BCUT2D eigenvalue weighted by Crippen LogP contribution is -2.12. The molecule has 0 saturated heterocycles. The van der Waals surface area contributed by atoms with Crippen molar-refractivity contribution in [2.75, 3.05) is 11.9 Å².